The van der Waals surface area contributed by atoms with E-state index in [1.807, 2.05) is 49.4 Å². The molecule has 0 aromatic heterocycles. The van der Waals surface area contributed by atoms with E-state index in [9.17, 15) is 9.59 Å². The Hall–Kier alpha value is -2.58. The molecule has 0 saturated heterocycles. The Balaban J connectivity index is 1.72. The van der Waals surface area contributed by atoms with Crippen LogP contribution in [0.1, 0.15) is 12.0 Å². The Morgan fingerprint density at radius 1 is 1.24 bits per heavy atom. The standard InChI is InChI=1S/C21H20BrN3O3S/c1-13-9-14(7-8-16(13)22)24-19(26)12-29-20-10-15(11-21(27)28-2)23-17-5-3-4-6-18(17)25-20/h3-10,23H,11-12H2,1-2H3,(H,24,26). The van der Waals surface area contributed by atoms with Crippen LogP contribution in [0.4, 0.5) is 17.1 Å². The molecule has 150 valence electrons. The van der Waals surface area contributed by atoms with Gasteiger partial charge in [-0.05, 0) is 48.9 Å². The summed E-state index contributed by atoms with van der Waals surface area (Å²) in [6.45, 7) is 1.97. The first kappa shape index (κ1) is 21.1. The maximum Gasteiger partial charge on any atom is 0.311 e. The van der Waals surface area contributed by atoms with Crippen molar-refractivity contribution in [2.45, 2.75) is 13.3 Å². The molecule has 3 rings (SSSR count). The number of thioether (sulfide) groups is 1. The van der Waals surface area contributed by atoms with Gasteiger partial charge in [-0.2, -0.15) is 0 Å². The van der Waals surface area contributed by atoms with Crippen molar-refractivity contribution in [2.75, 3.05) is 23.5 Å². The van der Waals surface area contributed by atoms with Crippen LogP contribution in [0.2, 0.25) is 0 Å². The molecule has 1 amide bonds. The van der Waals surface area contributed by atoms with Gasteiger partial charge in [0.05, 0.1) is 35.7 Å². The predicted molar refractivity (Wildman–Crippen MR) is 122 cm³/mol. The number of hydrogen-bond acceptors (Lipinski definition) is 6. The first-order valence-corrected chi connectivity index (χ1v) is 10.6. The largest absolute Gasteiger partial charge is 0.469 e. The highest BCUT2D eigenvalue weighted by Crippen LogP contribution is 2.31. The third-order valence-electron chi connectivity index (χ3n) is 4.08. The molecular weight excluding hydrogens is 454 g/mol. The second kappa shape index (κ2) is 9.76. The number of hydrogen-bond donors (Lipinski definition) is 2. The zero-order valence-corrected chi connectivity index (χ0v) is 18.4. The van der Waals surface area contributed by atoms with Gasteiger partial charge in [-0.15, -0.1) is 0 Å². The molecule has 0 saturated carbocycles. The third-order valence-corrected chi connectivity index (χ3v) is 5.88. The molecule has 2 aromatic carbocycles. The zero-order valence-electron chi connectivity index (χ0n) is 16.0. The summed E-state index contributed by atoms with van der Waals surface area (Å²) in [4.78, 5) is 28.7. The Morgan fingerprint density at radius 2 is 2.03 bits per heavy atom. The van der Waals surface area contributed by atoms with Crippen molar-refractivity contribution in [3.63, 3.8) is 0 Å². The van der Waals surface area contributed by atoms with Gasteiger partial charge in [0.25, 0.3) is 0 Å². The highest BCUT2D eigenvalue weighted by molar-refractivity contribution is 9.10. The number of para-hydroxylation sites is 2. The quantitative estimate of drug-likeness (QED) is 0.595. The van der Waals surface area contributed by atoms with Crippen LogP contribution >= 0.6 is 27.7 Å². The molecule has 29 heavy (non-hydrogen) atoms. The maximum atomic E-state index is 12.4. The summed E-state index contributed by atoms with van der Waals surface area (Å²) < 4.78 is 5.76. The number of ether oxygens (including phenoxy) is 1. The number of anilines is 2. The number of halogens is 1. The van der Waals surface area contributed by atoms with Gasteiger partial charge in [0, 0.05) is 15.9 Å². The number of benzene rings is 2. The van der Waals surface area contributed by atoms with Crippen molar-refractivity contribution >= 4 is 61.7 Å². The van der Waals surface area contributed by atoms with Crippen LogP contribution in [0.5, 0.6) is 0 Å². The Morgan fingerprint density at radius 3 is 2.79 bits per heavy atom. The van der Waals surface area contributed by atoms with E-state index >= 15 is 0 Å². The van der Waals surface area contributed by atoms with E-state index in [4.69, 9.17) is 4.74 Å². The Labute approximate surface area is 181 Å². The van der Waals surface area contributed by atoms with E-state index in [0.717, 1.165) is 27.1 Å². The molecule has 0 aliphatic carbocycles. The SMILES string of the molecule is COC(=O)CC1=CC(SCC(=O)Nc2ccc(Br)c(C)c2)=Nc2ccccc2N1. The zero-order chi connectivity index (χ0) is 20.8. The summed E-state index contributed by atoms with van der Waals surface area (Å²) in [5, 5.41) is 6.75. The molecule has 1 heterocycles. The molecule has 2 aromatic rings. The van der Waals surface area contributed by atoms with Gasteiger partial charge < -0.3 is 15.4 Å². The molecule has 0 bridgehead atoms. The lowest BCUT2D eigenvalue weighted by Gasteiger charge is -2.09. The molecule has 1 aliphatic rings. The molecule has 6 nitrogen and oxygen atoms in total. The van der Waals surface area contributed by atoms with Crippen molar-refractivity contribution in [2.24, 2.45) is 4.99 Å². The van der Waals surface area contributed by atoms with Gasteiger partial charge in [0.2, 0.25) is 5.91 Å². The second-order valence-electron chi connectivity index (χ2n) is 6.32. The fraction of sp³-hybridized carbons (Fsp3) is 0.190. The first-order valence-electron chi connectivity index (χ1n) is 8.85. The van der Waals surface area contributed by atoms with E-state index in [-0.39, 0.29) is 24.1 Å². The van der Waals surface area contributed by atoms with Crippen molar-refractivity contribution in [1.29, 1.82) is 0 Å². The van der Waals surface area contributed by atoms with Crippen LogP contribution in [0.15, 0.2) is 63.7 Å². The van der Waals surface area contributed by atoms with E-state index < -0.39 is 0 Å². The van der Waals surface area contributed by atoms with Gasteiger partial charge in [-0.1, -0.05) is 39.8 Å². The summed E-state index contributed by atoms with van der Waals surface area (Å²) in [5.41, 5.74) is 4.00. The average molecular weight is 474 g/mol. The van der Waals surface area contributed by atoms with Crippen molar-refractivity contribution in [3.8, 4) is 0 Å². The molecule has 0 radical (unpaired) electrons. The summed E-state index contributed by atoms with van der Waals surface area (Å²) in [7, 11) is 1.35. The molecule has 0 spiro atoms. The third kappa shape index (κ3) is 5.95. The Bertz CT molecular complexity index is 1000. The number of nitrogens with one attached hydrogen (secondary N) is 2. The lowest BCUT2D eigenvalue weighted by molar-refractivity contribution is -0.139. The molecule has 0 unspecified atom stereocenters. The smallest absolute Gasteiger partial charge is 0.311 e. The van der Waals surface area contributed by atoms with Crippen LogP contribution in [-0.2, 0) is 14.3 Å². The molecule has 1 aliphatic heterocycles. The van der Waals surface area contributed by atoms with Crippen LogP contribution in [0, 0.1) is 6.92 Å². The molecular formula is C21H20BrN3O3S. The first-order chi connectivity index (χ1) is 13.9. The van der Waals surface area contributed by atoms with Gasteiger partial charge in [-0.3, -0.25) is 9.59 Å². The number of aliphatic imine (C=N–C) groups is 1. The lowest BCUT2D eigenvalue weighted by Crippen LogP contribution is -2.15. The van der Waals surface area contributed by atoms with Crippen LogP contribution in [-0.4, -0.2) is 29.8 Å². The number of carbonyl (C=O) groups excluding carboxylic acids is 2. The fourth-order valence-corrected chi connectivity index (χ4v) is 3.63. The van der Waals surface area contributed by atoms with Crippen molar-refractivity contribution in [3.05, 3.63) is 64.3 Å². The molecule has 0 atom stereocenters. The fourth-order valence-electron chi connectivity index (χ4n) is 2.64. The average Bonchev–Trinajstić information content (AvgIpc) is 2.87. The van der Waals surface area contributed by atoms with Crippen molar-refractivity contribution < 1.29 is 14.3 Å². The number of methoxy groups -OCH3 is 1. The van der Waals surface area contributed by atoms with Gasteiger partial charge in [-0.25, -0.2) is 4.99 Å². The van der Waals surface area contributed by atoms with E-state index in [1.165, 1.54) is 18.9 Å². The number of aryl methyl sites for hydroxylation is 1. The Kier molecular flexibility index (Phi) is 7.11. The van der Waals surface area contributed by atoms with E-state index in [2.05, 4.69) is 31.6 Å². The summed E-state index contributed by atoms with van der Waals surface area (Å²) in [6.07, 6.45) is 1.87. The van der Waals surface area contributed by atoms with E-state index in [1.54, 1.807) is 6.08 Å². The van der Waals surface area contributed by atoms with Crippen LogP contribution < -0.4 is 10.6 Å². The highest BCUT2D eigenvalue weighted by atomic mass is 79.9. The van der Waals surface area contributed by atoms with E-state index in [0.29, 0.717) is 10.7 Å². The molecule has 2 N–H and O–H groups in total. The second-order valence-corrected chi connectivity index (χ2v) is 8.17. The van der Waals surface area contributed by atoms with Gasteiger partial charge in [0.1, 0.15) is 0 Å². The minimum Gasteiger partial charge on any atom is -0.469 e. The summed E-state index contributed by atoms with van der Waals surface area (Å²) >= 11 is 4.76. The highest BCUT2D eigenvalue weighted by Gasteiger charge is 2.15. The minimum atomic E-state index is -0.351. The number of amides is 1. The predicted octanol–water partition coefficient (Wildman–Crippen LogP) is 5.03. The summed E-state index contributed by atoms with van der Waals surface area (Å²) in [6, 6.07) is 13.2. The number of fused-ring (bicyclic) bond motifs is 1. The topological polar surface area (TPSA) is 79.8 Å². The van der Waals surface area contributed by atoms with Crippen molar-refractivity contribution in [1.82, 2.24) is 0 Å². The normalized spacial score (nSPS) is 12.7. The summed E-state index contributed by atoms with van der Waals surface area (Å²) in [5.74, 6) is -0.290. The lowest BCUT2D eigenvalue weighted by atomic mass is 10.2. The monoisotopic (exact) mass is 473 g/mol. The van der Waals surface area contributed by atoms with Gasteiger partial charge >= 0.3 is 5.97 Å². The van der Waals surface area contributed by atoms with Crippen LogP contribution in [0.3, 0.4) is 0 Å². The van der Waals surface area contributed by atoms with Crippen LogP contribution in [0.25, 0.3) is 0 Å². The minimum absolute atomic E-state index is 0.0920. The number of carbonyl (C=O) groups is 2. The molecule has 0 fully saturated rings. The number of rotatable bonds is 5. The molecule has 8 heteroatoms. The maximum absolute atomic E-state index is 12.4. The van der Waals surface area contributed by atoms with Gasteiger partial charge in [0.15, 0.2) is 0 Å². The number of nitrogens with zero attached hydrogens (tertiary/aromatic N) is 1. The number of esters is 1.